The van der Waals surface area contributed by atoms with Gasteiger partial charge in [-0.1, -0.05) is 60.7 Å². The van der Waals surface area contributed by atoms with Crippen LogP contribution in [-0.2, 0) is 10.3 Å². The summed E-state index contributed by atoms with van der Waals surface area (Å²) in [6.45, 7) is 1.70. The lowest BCUT2D eigenvalue weighted by molar-refractivity contribution is -0.129. The zero-order valence-electron chi connectivity index (χ0n) is 16.1. The molecule has 3 aromatic rings. The van der Waals surface area contributed by atoms with Gasteiger partial charge in [-0.05, 0) is 42.3 Å². The molecule has 4 rings (SSSR count). The second-order valence-electron chi connectivity index (χ2n) is 7.04. The van der Waals surface area contributed by atoms with Crippen LogP contribution < -0.4 is 5.73 Å². The van der Waals surface area contributed by atoms with E-state index in [1.165, 1.54) is 4.90 Å². The average molecular weight is 383 g/mol. The molecule has 2 N–H and O–H groups in total. The topological polar surface area (TPSA) is 75.8 Å². The smallest absolute Gasteiger partial charge is 0.265 e. The Hall–Kier alpha value is -3.73. The molecule has 29 heavy (non-hydrogen) atoms. The lowest BCUT2D eigenvalue weighted by Gasteiger charge is -2.27. The van der Waals surface area contributed by atoms with E-state index in [1.807, 2.05) is 60.7 Å². The largest absolute Gasteiger partial charge is 0.399 e. The number of hydrogen-bond donors (Lipinski definition) is 1. The monoisotopic (exact) mass is 383 g/mol. The summed E-state index contributed by atoms with van der Waals surface area (Å²) >= 11 is 0. The highest BCUT2D eigenvalue weighted by molar-refractivity contribution is 6.13. The Labute approximate surface area is 169 Å². The summed E-state index contributed by atoms with van der Waals surface area (Å²) in [5.41, 5.74) is 7.17. The van der Waals surface area contributed by atoms with Crippen molar-refractivity contribution in [2.75, 3.05) is 12.3 Å². The minimum atomic E-state index is -1.19. The number of anilines is 1. The molecular weight excluding hydrogens is 362 g/mol. The zero-order chi connectivity index (χ0) is 20.4. The predicted molar refractivity (Wildman–Crippen MR) is 114 cm³/mol. The summed E-state index contributed by atoms with van der Waals surface area (Å²) < 4.78 is 0. The highest BCUT2D eigenvalue weighted by atomic mass is 16.2. The highest BCUT2D eigenvalue weighted by Crippen LogP contribution is 2.40. The van der Waals surface area contributed by atoms with E-state index in [4.69, 9.17) is 10.7 Å². The lowest BCUT2D eigenvalue weighted by atomic mass is 9.83. The van der Waals surface area contributed by atoms with Crippen LogP contribution in [0.1, 0.15) is 28.4 Å². The number of amidine groups is 1. The van der Waals surface area contributed by atoms with Gasteiger partial charge >= 0.3 is 0 Å². The molecule has 0 saturated carbocycles. The van der Waals surface area contributed by atoms with E-state index in [2.05, 4.69) is 0 Å². The molecule has 1 heterocycles. The van der Waals surface area contributed by atoms with Gasteiger partial charge in [0.1, 0.15) is 5.84 Å². The van der Waals surface area contributed by atoms with Gasteiger partial charge in [0.2, 0.25) is 0 Å². The van der Waals surface area contributed by atoms with Gasteiger partial charge in [-0.25, -0.2) is 4.99 Å². The summed E-state index contributed by atoms with van der Waals surface area (Å²) in [6, 6.07) is 25.7. The first-order valence-corrected chi connectivity index (χ1v) is 9.40. The van der Waals surface area contributed by atoms with E-state index >= 15 is 0 Å². The van der Waals surface area contributed by atoms with Crippen molar-refractivity contribution in [3.8, 4) is 0 Å². The lowest BCUT2D eigenvalue weighted by Crippen LogP contribution is -2.43. The third-order valence-corrected chi connectivity index (χ3v) is 5.19. The van der Waals surface area contributed by atoms with Crippen molar-refractivity contribution in [2.24, 2.45) is 4.99 Å². The normalized spacial score (nSPS) is 15.3. The summed E-state index contributed by atoms with van der Waals surface area (Å²) in [6.07, 6.45) is 0. The van der Waals surface area contributed by atoms with E-state index < -0.39 is 5.54 Å². The van der Waals surface area contributed by atoms with Gasteiger partial charge < -0.3 is 5.73 Å². The van der Waals surface area contributed by atoms with Gasteiger partial charge in [0.15, 0.2) is 11.3 Å². The van der Waals surface area contributed by atoms with Crippen LogP contribution in [0, 0.1) is 0 Å². The van der Waals surface area contributed by atoms with Crippen LogP contribution >= 0.6 is 0 Å². The Morgan fingerprint density at radius 3 is 1.93 bits per heavy atom. The molecule has 144 valence electrons. The maximum Gasteiger partial charge on any atom is 0.265 e. The van der Waals surface area contributed by atoms with Gasteiger partial charge in [-0.15, -0.1) is 0 Å². The van der Waals surface area contributed by atoms with E-state index in [-0.39, 0.29) is 18.2 Å². The quantitative estimate of drug-likeness (QED) is 0.540. The van der Waals surface area contributed by atoms with E-state index in [1.54, 1.807) is 31.2 Å². The number of ketones is 1. The molecule has 0 aliphatic carbocycles. The molecule has 0 bridgehead atoms. The number of nitrogen functional groups attached to an aromatic ring is 1. The van der Waals surface area contributed by atoms with Crippen molar-refractivity contribution in [3.05, 3.63) is 102 Å². The fourth-order valence-corrected chi connectivity index (χ4v) is 3.68. The molecule has 0 saturated heterocycles. The molecular formula is C24H21N3O2. The zero-order valence-corrected chi connectivity index (χ0v) is 16.1. The van der Waals surface area contributed by atoms with E-state index in [9.17, 15) is 9.59 Å². The van der Waals surface area contributed by atoms with Gasteiger partial charge in [0.05, 0.1) is 6.54 Å². The predicted octanol–water partition coefficient (Wildman–Crippen LogP) is 3.66. The summed E-state index contributed by atoms with van der Waals surface area (Å²) in [4.78, 5) is 32.8. The summed E-state index contributed by atoms with van der Waals surface area (Å²) in [5, 5.41) is 0. The Balaban J connectivity index is 1.73. The van der Waals surface area contributed by atoms with Crippen LogP contribution in [0.3, 0.4) is 0 Å². The van der Waals surface area contributed by atoms with Crippen molar-refractivity contribution in [1.82, 2.24) is 4.90 Å². The molecule has 0 atom stereocenters. The molecule has 0 radical (unpaired) electrons. The number of carbonyl (C=O) groups excluding carboxylic acids is 2. The van der Waals surface area contributed by atoms with Crippen molar-refractivity contribution >= 4 is 23.2 Å². The second kappa shape index (κ2) is 7.36. The van der Waals surface area contributed by atoms with Crippen LogP contribution in [0.2, 0.25) is 0 Å². The van der Waals surface area contributed by atoms with Crippen LogP contribution in [0.4, 0.5) is 5.69 Å². The maximum atomic E-state index is 13.7. The number of aliphatic imine (C=N–C) groups is 1. The third kappa shape index (κ3) is 3.21. The van der Waals surface area contributed by atoms with Crippen LogP contribution in [0.25, 0.3) is 0 Å². The number of hydrogen-bond acceptors (Lipinski definition) is 4. The van der Waals surface area contributed by atoms with Crippen molar-refractivity contribution < 1.29 is 9.59 Å². The van der Waals surface area contributed by atoms with Crippen LogP contribution in [0.15, 0.2) is 89.9 Å². The average Bonchev–Trinajstić information content (AvgIpc) is 3.01. The number of benzene rings is 3. The first-order chi connectivity index (χ1) is 14.0. The molecule has 0 fully saturated rings. The highest BCUT2D eigenvalue weighted by Gasteiger charge is 2.50. The number of carbonyl (C=O) groups is 2. The van der Waals surface area contributed by atoms with Gasteiger partial charge in [-0.3, -0.25) is 14.5 Å². The minimum absolute atomic E-state index is 0.0699. The van der Waals surface area contributed by atoms with Crippen molar-refractivity contribution in [1.29, 1.82) is 0 Å². The van der Waals surface area contributed by atoms with Gasteiger partial charge in [0, 0.05) is 11.3 Å². The van der Waals surface area contributed by atoms with Crippen LogP contribution in [-0.4, -0.2) is 29.0 Å². The molecule has 5 heteroatoms. The fourth-order valence-electron chi connectivity index (χ4n) is 3.68. The molecule has 1 aliphatic rings. The van der Waals surface area contributed by atoms with Crippen molar-refractivity contribution in [2.45, 2.75) is 12.5 Å². The third-order valence-electron chi connectivity index (χ3n) is 5.19. The molecule has 0 unspecified atom stereocenters. The molecule has 5 nitrogen and oxygen atoms in total. The second-order valence-corrected chi connectivity index (χ2v) is 7.04. The molecule has 1 amide bonds. The first kappa shape index (κ1) is 18.6. The number of amides is 1. The summed E-state index contributed by atoms with van der Waals surface area (Å²) in [5.74, 6) is 0.132. The summed E-state index contributed by atoms with van der Waals surface area (Å²) in [7, 11) is 0. The molecule has 1 aliphatic heterocycles. The van der Waals surface area contributed by atoms with Gasteiger partial charge in [-0.2, -0.15) is 0 Å². The molecule has 0 spiro atoms. The number of Topliss-reactive ketones (excluding diaryl/α,β-unsaturated/α-hetero) is 1. The SMILES string of the molecule is CC1=NC(c2ccccc2)(c2ccccc2)C(=O)N1CC(=O)c1ccc(N)cc1. The number of rotatable bonds is 5. The van der Waals surface area contributed by atoms with Crippen molar-refractivity contribution in [3.63, 3.8) is 0 Å². The molecule has 3 aromatic carbocycles. The fraction of sp³-hybridized carbons (Fsp3) is 0.125. The van der Waals surface area contributed by atoms with E-state index in [0.717, 1.165) is 11.1 Å². The standard InChI is InChI=1S/C24H21N3O2/c1-17-26-24(19-8-4-2-5-9-19,20-10-6-3-7-11-20)23(29)27(17)16-22(28)18-12-14-21(25)15-13-18/h2-15H,16,25H2,1H3. The Morgan fingerprint density at radius 2 is 1.41 bits per heavy atom. The Kier molecular flexibility index (Phi) is 4.72. The number of nitrogens with two attached hydrogens (primary N) is 1. The maximum absolute atomic E-state index is 13.7. The van der Waals surface area contributed by atoms with Gasteiger partial charge in [0.25, 0.3) is 5.91 Å². The number of nitrogens with zero attached hydrogens (tertiary/aromatic N) is 2. The van der Waals surface area contributed by atoms with E-state index in [0.29, 0.717) is 17.1 Å². The Bertz CT molecular complexity index is 1030. The first-order valence-electron chi connectivity index (χ1n) is 9.40. The molecule has 0 aromatic heterocycles. The minimum Gasteiger partial charge on any atom is -0.399 e. The van der Waals surface area contributed by atoms with Crippen LogP contribution in [0.5, 0.6) is 0 Å². The Morgan fingerprint density at radius 1 is 0.897 bits per heavy atom.